The molecule has 1 fully saturated rings. The third-order valence-corrected chi connectivity index (χ3v) is 3.68. The van der Waals surface area contributed by atoms with Gasteiger partial charge in [-0.3, -0.25) is 4.79 Å². The molecule has 1 aliphatic heterocycles. The van der Waals surface area contributed by atoms with Crippen molar-refractivity contribution in [3.05, 3.63) is 22.7 Å². The van der Waals surface area contributed by atoms with E-state index in [4.69, 9.17) is 11.6 Å². The highest BCUT2D eigenvalue weighted by atomic mass is 35.5. The minimum Gasteiger partial charge on any atom is -0.337 e. The summed E-state index contributed by atoms with van der Waals surface area (Å²) >= 11 is 5.90. The molecule has 92 valence electrons. The predicted molar refractivity (Wildman–Crippen MR) is 66.1 cm³/mol. The summed E-state index contributed by atoms with van der Waals surface area (Å²) in [4.78, 5) is 22.0. The zero-order valence-electron chi connectivity index (χ0n) is 10.1. The van der Waals surface area contributed by atoms with Crippen LogP contribution in [-0.2, 0) is 0 Å². The summed E-state index contributed by atoms with van der Waals surface area (Å²) in [5.74, 6) is 0.674. The van der Waals surface area contributed by atoms with E-state index in [1.807, 2.05) is 4.90 Å². The van der Waals surface area contributed by atoms with E-state index in [-0.39, 0.29) is 5.91 Å². The first-order valence-corrected chi connectivity index (χ1v) is 6.23. The second-order valence-corrected chi connectivity index (χ2v) is 4.97. The number of aromatic nitrogens is 2. The first-order valence-electron chi connectivity index (χ1n) is 5.86. The van der Waals surface area contributed by atoms with Gasteiger partial charge in [-0.25, -0.2) is 9.97 Å². The van der Waals surface area contributed by atoms with Crippen LogP contribution in [0.4, 0.5) is 0 Å². The fourth-order valence-electron chi connectivity index (χ4n) is 2.01. The zero-order valence-corrected chi connectivity index (χ0v) is 10.9. The van der Waals surface area contributed by atoms with Crippen LogP contribution in [0.5, 0.6) is 0 Å². The molecule has 4 nitrogen and oxygen atoms in total. The average molecular weight is 254 g/mol. The molecule has 1 aromatic rings. The van der Waals surface area contributed by atoms with Crippen molar-refractivity contribution in [2.45, 2.75) is 26.7 Å². The molecule has 1 saturated heterocycles. The van der Waals surface area contributed by atoms with Crippen LogP contribution in [0.15, 0.2) is 6.33 Å². The Morgan fingerprint density at radius 2 is 2.06 bits per heavy atom. The lowest BCUT2D eigenvalue weighted by Crippen LogP contribution is -2.38. The molecule has 1 amide bonds. The molecular formula is C12H16ClN3O. The van der Waals surface area contributed by atoms with Gasteiger partial charge in [0.2, 0.25) is 0 Å². The minimum absolute atomic E-state index is 0.0290. The molecule has 5 heteroatoms. The molecule has 0 radical (unpaired) electrons. The van der Waals surface area contributed by atoms with Crippen molar-refractivity contribution in [2.24, 2.45) is 5.92 Å². The van der Waals surface area contributed by atoms with Crippen molar-refractivity contribution in [3.63, 3.8) is 0 Å². The lowest BCUT2D eigenvalue weighted by molar-refractivity contribution is 0.0690. The third kappa shape index (κ3) is 2.57. The van der Waals surface area contributed by atoms with Gasteiger partial charge in [0.15, 0.2) is 0 Å². The number of likely N-dealkylation sites (tertiary alicyclic amines) is 1. The van der Waals surface area contributed by atoms with Crippen molar-refractivity contribution in [3.8, 4) is 0 Å². The van der Waals surface area contributed by atoms with Gasteiger partial charge in [0.1, 0.15) is 17.2 Å². The molecule has 1 aliphatic rings. The van der Waals surface area contributed by atoms with Crippen LogP contribution < -0.4 is 0 Å². The summed E-state index contributed by atoms with van der Waals surface area (Å²) in [6, 6.07) is 0. The van der Waals surface area contributed by atoms with Gasteiger partial charge in [-0.15, -0.1) is 0 Å². The molecule has 0 spiro atoms. The van der Waals surface area contributed by atoms with Gasteiger partial charge in [-0.1, -0.05) is 18.5 Å². The number of hydrogen-bond acceptors (Lipinski definition) is 3. The maximum Gasteiger partial charge on any atom is 0.272 e. The molecule has 1 aromatic heterocycles. The van der Waals surface area contributed by atoms with Gasteiger partial charge in [-0.2, -0.15) is 0 Å². The van der Waals surface area contributed by atoms with Gasteiger partial charge in [-0.05, 0) is 25.7 Å². The van der Waals surface area contributed by atoms with E-state index in [1.165, 1.54) is 6.33 Å². The van der Waals surface area contributed by atoms with Crippen LogP contribution in [0.2, 0.25) is 5.15 Å². The fraction of sp³-hybridized carbons (Fsp3) is 0.583. The van der Waals surface area contributed by atoms with E-state index in [1.54, 1.807) is 6.92 Å². The number of halogens is 1. The van der Waals surface area contributed by atoms with E-state index >= 15 is 0 Å². The standard InChI is InChI=1S/C12H16ClN3O/c1-8-3-5-16(6-4-8)12(17)10-9(2)11(13)15-7-14-10/h7-8H,3-6H2,1-2H3. The largest absolute Gasteiger partial charge is 0.337 e. The Balaban J connectivity index is 2.17. The summed E-state index contributed by atoms with van der Waals surface area (Å²) in [6.45, 7) is 5.61. The van der Waals surface area contributed by atoms with Gasteiger partial charge in [0, 0.05) is 18.7 Å². The van der Waals surface area contributed by atoms with Crippen LogP contribution >= 0.6 is 11.6 Å². The Kier molecular flexibility index (Phi) is 3.62. The molecule has 0 atom stereocenters. The molecule has 0 N–H and O–H groups in total. The molecule has 0 saturated carbocycles. The lowest BCUT2D eigenvalue weighted by atomic mass is 9.99. The Hall–Kier alpha value is -1.16. The smallest absolute Gasteiger partial charge is 0.272 e. The number of nitrogens with zero attached hydrogens (tertiary/aromatic N) is 3. The number of amides is 1. The monoisotopic (exact) mass is 253 g/mol. The van der Waals surface area contributed by atoms with Crippen molar-refractivity contribution in [1.82, 2.24) is 14.9 Å². The lowest BCUT2D eigenvalue weighted by Gasteiger charge is -2.30. The molecule has 2 heterocycles. The Morgan fingerprint density at radius 1 is 1.41 bits per heavy atom. The van der Waals surface area contributed by atoms with E-state index in [0.29, 0.717) is 22.3 Å². The summed E-state index contributed by atoms with van der Waals surface area (Å²) < 4.78 is 0. The summed E-state index contributed by atoms with van der Waals surface area (Å²) in [6.07, 6.45) is 3.46. The second-order valence-electron chi connectivity index (χ2n) is 4.61. The number of piperidine rings is 1. The van der Waals surface area contributed by atoms with Gasteiger partial charge < -0.3 is 4.90 Å². The third-order valence-electron chi connectivity index (χ3n) is 3.30. The Labute approximate surface area is 106 Å². The fourth-order valence-corrected chi connectivity index (χ4v) is 2.14. The number of carbonyl (C=O) groups excluding carboxylic acids is 1. The first-order chi connectivity index (χ1) is 8.09. The average Bonchev–Trinajstić information content (AvgIpc) is 2.33. The maximum atomic E-state index is 12.3. The molecule has 0 bridgehead atoms. The van der Waals surface area contributed by atoms with Crippen molar-refractivity contribution in [1.29, 1.82) is 0 Å². The summed E-state index contributed by atoms with van der Waals surface area (Å²) in [7, 11) is 0. The van der Waals surface area contributed by atoms with Crippen molar-refractivity contribution in [2.75, 3.05) is 13.1 Å². The maximum absolute atomic E-state index is 12.3. The zero-order chi connectivity index (χ0) is 12.4. The molecule has 17 heavy (non-hydrogen) atoms. The highest BCUT2D eigenvalue weighted by Gasteiger charge is 2.24. The van der Waals surface area contributed by atoms with Gasteiger partial charge in [0.25, 0.3) is 5.91 Å². The number of hydrogen-bond donors (Lipinski definition) is 0. The molecule has 2 rings (SSSR count). The Morgan fingerprint density at radius 3 is 2.71 bits per heavy atom. The van der Waals surface area contributed by atoms with Crippen LogP contribution in [0.25, 0.3) is 0 Å². The number of carbonyl (C=O) groups is 1. The van der Waals surface area contributed by atoms with Crippen LogP contribution in [-0.4, -0.2) is 33.9 Å². The van der Waals surface area contributed by atoms with E-state index in [0.717, 1.165) is 25.9 Å². The topological polar surface area (TPSA) is 46.1 Å². The SMILES string of the molecule is Cc1c(Cl)ncnc1C(=O)N1CCC(C)CC1. The molecule has 0 aromatic carbocycles. The van der Waals surface area contributed by atoms with Crippen LogP contribution in [0, 0.1) is 12.8 Å². The Bertz CT molecular complexity index is 428. The van der Waals surface area contributed by atoms with E-state index in [9.17, 15) is 4.79 Å². The summed E-state index contributed by atoms with van der Waals surface area (Å²) in [5.41, 5.74) is 1.09. The van der Waals surface area contributed by atoms with Crippen LogP contribution in [0.3, 0.4) is 0 Å². The number of rotatable bonds is 1. The quantitative estimate of drug-likeness (QED) is 0.722. The molecular weight excluding hydrogens is 238 g/mol. The molecule has 0 unspecified atom stereocenters. The van der Waals surface area contributed by atoms with Gasteiger partial charge in [0.05, 0.1) is 0 Å². The van der Waals surface area contributed by atoms with E-state index < -0.39 is 0 Å². The highest BCUT2D eigenvalue weighted by Crippen LogP contribution is 2.20. The van der Waals surface area contributed by atoms with Crippen LogP contribution in [0.1, 0.15) is 35.8 Å². The minimum atomic E-state index is -0.0290. The predicted octanol–water partition coefficient (Wildman–Crippen LogP) is 2.31. The van der Waals surface area contributed by atoms with Crippen molar-refractivity contribution < 1.29 is 4.79 Å². The normalized spacial score (nSPS) is 17.2. The highest BCUT2D eigenvalue weighted by molar-refractivity contribution is 6.30. The first kappa shape index (κ1) is 12.3. The van der Waals surface area contributed by atoms with E-state index in [2.05, 4.69) is 16.9 Å². The van der Waals surface area contributed by atoms with Gasteiger partial charge >= 0.3 is 0 Å². The molecule has 0 aliphatic carbocycles. The van der Waals surface area contributed by atoms with Crippen molar-refractivity contribution >= 4 is 17.5 Å². The second kappa shape index (κ2) is 5.00. The summed E-state index contributed by atoms with van der Waals surface area (Å²) in [5, 5.41) is 0.355.